The molecule has 126 valence electrons. The van der Waals surface area contributed by atoms with Crippen LogP contribution in [0.3, 0.4) is 0 Å². The van der Waals surface area contributed by atoms with Crippen molar-refractivity contribution in [2.45, 2.75) is 6.92 Å². The van der Waals surface area contributed by atoms with Gasteiger partial charge in [-0.2, -0.15) is 5.26 Å². The third-order valence-corrected chi connectivity index (χ3v) is 5.69. The van der Waals surface area contributed by atoms with Crippen LogP contribution in [0.5, 0.6) is 0 Å². The second-order valence-electron chi connectivity index (χ2n) is 4.67. The van der Waals surface area contributed by atoms with E-state index in [-0.39, 0.29) is 0 Å². The molecule has 0 bridgehead atoms. The average molecular weight is 390 g/mol. The van der Waals surface area contributed by atoms with Crippen LogP contribution in [-0.4, -0.2) is 27.4 Å². The maximum atomic E-state index is 9.43. The van der Waals surface area contributed by atoms with Gasteiger partial charge in [0.15, 0.2) is 0 Å². The number of aromatic nitrogens is 3. The monoisotopic (exact) mass is 389 g/mol. The normalized spacial score (nSPS) is 16.0. The van der Waals surface area contributed by atoms with Crippen LogP contribution in [-0.2, 0) is 4.84 Å². The number of oxime groups is 1. The predicted molar refractivity (Wildman–Crippen MR) is 103 cm³/mol. The Labute approximate surface area is 158 Å². The Balaban J connectivity index is 1.81. The molecule has 9 heteroatoms. The van der Waals surface area contributed by atoms with Gasteiger partial charge in [-0.05, 0) is 18.4 Å². The topological polar surface area (TPSA) is 76.1 Å². The van der Waals surface area contributed by atoms with E-state index in [0.717, 1.165) is 14.7 Å². The van der Waals surface area contributed by atoms with Crippen LogP contribution in [0.4, 0.5) is 0 Å². The molecule has 1 aliphatic rings. The number of allylic oxidation sites excluding steroid dienone is 1. The van der Waals surface area contributed by atoms with Crippen LogP contribution in [0.15, 0.2) is 45.8 Å². The molecule has 0 amide bonds. The number of nitrogens with zero attached hydrogens (tertiary/aromatic N) is 5. The highest BCUT2D eigenvalue weighted by molar-refractivity contribution is 8.31. The van der Waals surface area contributed by atoms with Gasteiger partial charge in [-0.15, -0.1) is 0 Å². The minimum Gasteiger partial charge on any atom is -0.396 e. The Morgan fingerprint density at radius 3 is 3.12 bits per heavy atom. The van der Waals surface area contributed by atoms with Gasteiger partial charge in [0, 0.05) is 29.1 Å². The molecule has 0 saturated carbocycles. The molecule has 0 fully saturated rings. The van der Waals surface area contributed by atoms with E-state index in [0.29, 0.717) is 23.0 Å². The highest BCUT2D eigenvalue weighted by atomic mass is 35.5. The van der Waals surface area contributed by atoms with Gasteiger partial charge >= 0.3 is 0 Å². The van der Waals surface area contributed by atoms with Crippen LogP contribution in [0.2, 0.25) is 5.02 Å². The molecule has 3 rings (SSSR count). The first-order valence-electron chi connectivity index (χ1n) is 7.21. The van der Waals surface area contributed by atoms with Crippen molar-refractivity contribution in [3.8, 4) is 6.07 Å². The van der Waals surface area contributed by atoms with Gasteiger partial charge < -0.3 is 4.84 Å². The summed E-state index contributed by atoms with van der Waals surface area (Å²) in [7, 11) is 0. The van der Waals surface area contributed by atoms with E-state index in [2.05, 4.69) is 21.2 Å². The third kappa shape index (κ3) is 4.07. The first-order valence-corrected chi connectivity index (χ1v) is 9.29. The number of hydrogen-bond acceptors (Lipinski definition) is 7. The molecule has 0 radical (unpaired) electrons. The molecule has 0 N–H and O–H groups in total. The molecule has 2 aromatic rings. The van der Waals surface area contributed by atoms with Gasteiger partial charge in [0.25, 0.3) is 0 Å². The minimum atomic E-state index is 0.504. The number of rotatable bonds is 5. The van der Waals surface area contributed by atoms with Gasteiger partial charge in [-0.3, -0.25) is 9.55 Å². The lowest BCUT2D eigenvalue weighted by atomic mass is 10.2. The maximum absolute atomic E-state index is 9.43. The summed E-state index contributed by atoms with van der Waals surface area (Å²) in [5.74, 6) is 0. The summed E-state index contributed by atoms with van der Waals surface area (Å²) >= 11 is 9.29. The van der Waals surface area contributed by atoms with Crippen LogP contribution >= 0.6 is 35.1 Å². The zero-order valence-electron chi connectivity index (χ0n) is 13.1. The van der Waals surface area contributed by atoms with Crippen molar-refractivity contribution in [2.75, 3.05) is 6.61 Å². The SMILES string of the molecule is CCO/N=C/c1cnc(C2=CS/C(=C(/C#N)n3ccnc3)S2)c(Cl)c1. The van der Waals surface area contributed by atoms with Crippen LogP contribution < -0.4 is 0 Å². The summed E-state index contributed by atoms with van der Waals surface area (Å²) in [6, 6.07) is 3.99. The first-order chi connectivity index (χ1) is 12.2. The minimum absolute atomic E-state index is 0.504. The number of halogens is 1. The van der Waals surface area contributed by atoms with E-state index in [9.17, 15) is 5.26 Å². The summed E-state index contributed by atoms with van der Waals surface area (Å²) in [6.45, 7) is 2.36. The lowest BCUT2D eigenvalue weighted by Gasteiger charge is -2.06. The zero-order valence-corrected chi connectivity index (χ0v) is 15.5. The molecule has 0 spiro atoms. The van der Waals surface area contributed by atoms with Gasteiger partial charge in [0.2, 0.25) is 0 Å². The molecule has 25 heavy (non-hydrogen) atoms. The van der Waals surface area contributed by atoms with Gasteiger partial charge in [-0.1, -0.05) is 40.3 Å². The fourth-order valence-corrected chi connectivity index (χ4v) is 4.51. The number of nitriles is 1. The molecule has 3 heterocycles. The standard InChI is InChI=1S/C16H12ClN5OS2/c1-2-23-21-8-11-5-12(17)15(20-7-11)14-9-24-16(25-14)13(6-18)22-4-3-19-10-22/h3-5,7-10H,2H2,1H3/b16-13+,21-8+. The zero-order chi connectivity index (χ0) is 17.6. The highest BCUT2D eigenvalue weighted by Gasteiger charge is 2.21. The lowest BCUT2D eigenvalue weighted by Crippen LogP contribution is -1.93. The molecule has 1 aliphatic heterocycles. The number of hydrogen-bond donors (Lipinski definition) is 0. The Hall–Kier alpha value is -2.21. The lowest BCUT2D eigenvalue weighted by molar-refractivity contribution is 0.160. The molecular formula is C16H12ClN5OS2. The van der Waals surface area contributed by atoms with Crippen molar-refractivity contribution >= 4 is 51.9 Å². The second-order valence-corrected chi connectivity index (χ2v) is 7.27. The Bertz CT molecular complexity index is 900. The van der Waals surface area contributed by atoms with E-state index in [1.54, 1.807) is 41.8 Å². The van der Waals surface area contributed by atoms with Crippen molar-refractivity contribution in [3.63, 3.8) is 0 Å². The van der Waals surface area contributed by atoms with Crippen molar-refractivity contribution in [1.82, 2.24) is 14.5 Å². The summed E-state index contributed by atoms with van der Waals surface area (Å²) < 4.78 is 2.55. The highest BCUT2D eigenvalue weighted by Crippen LogP contribution is 2.51. The molecule has 0 unspecified atom stereocenters. The van der Waals surface area contributed by atoms with Gasteiger partial charge in [0.1, 0.15) is 18.4 Å². The molecular weight excluding hydrogens is 378 g/mol. The van der Waals surface area contributed by atoms with E-state index in [4.69, 9.17) is 16.4 Å². The summed E-state index contributed by atoms with van der Waals surface area (Å²) in [5.41, 5.74) is 1.95. The summed E-state index contributed by atoms with van der Waals surface area (Å²) in [6.07, 6.45) is 8.22. The molecule has 0 atom stereocenters. The van der Waals surface area contributed by atoms with E-state index >= 15 is 0 Å². The van der Waals surface area contributed by atoms with Crippen LogP contribution in [0.1, 0.15) is 18.2 Å². The number of pyridine rings is 1. The maximum Gasteiger partial charge on any atom is 0.146 e. The van der Waals surface area contributed by atoms with E-state index < -0.39 is 0 Å². The van der Waals surface area contributed by atoms with Crippen molar-refractivity contribution in [3.05, 3.63) is 56.9 Å². The summed E-state index contributed by atoms with van der Waals surface area (Å²) in [5, 5.41) is 15.7. The van der Waals surface area contributed by atoms with Crippen molar-refractivity contribution in [1.29, 1.82) is 5.26 Å². The van der Waals surface area contributed by atoms with E-state index in [1.807, 2.05) is 12.3 Å². The molecule has 6 nitrogen and oxygen atoms in total. The average Bonchev–Trinajstić information content (AvgIpc) is 3.29. The number of thioether (sulfide) groups is 2. The molecule has 2 aromatic heterocycles. The quantitative estimate of drug-likeness (QED) is 0.427. The fourth-order valence-electron chi connectivity index (χ4n) is 1.94. The van der Waals surface area contributed by atoms with Crippen molar-refractivity contribution in [2.24, 2.45) is 5.16 Å². The fraction of sp³-hybridized carbons (Fsp3) is 0.125. The van der Waals surface area contributed by atoms with Gasteiger partial charge in [-0.25, -0.2) is 4.98 Å². The second kappa shape index (κ2) is 8.25. The first kappa shape index (κ1) is 17.6. The predicted octanol–water partition coefficient (Wildman–Crippen LogP) is 4.43. The molecule has 0 aromatic carbocycles. The van der Waals surface area contributed by atoms with Gasteiger partial charge in [0.05, 0.1) is 27.5 Å². The Kier molecular flexibility index (Phi) is 5.81. The molecule has 0 saturated heterocycles. The summed E-state index contributed by atoms with van der Waals surface area (Å²) in [4.78, 5) is 14.2. The van der Waals surface area contributed by atoms with E-state index in [1.165, 1.54) is 23.5 Å². The Morgan fingerprint density at radius 1 is 1.56 bits per heavy atom. The third-order valence-electron chi connectivity index (χ3n) is 3.04. The van der Waals surface area contributed by atoms with Crippen molar-refractivity contribution < 1.29 is 4.84 Å². The largest absolute Gasteiger partial charge is 0.396 e. The molecule has 0 aliphatic carbocycles. The Morgan fingerprint density at radius 2 is 2.44 bits per heavy atom. The smallest absolute Gasteiger partial charge is 0.146 e. The number of imidazole rings is 1. The van der Waals surface area contributed by atoms with Crippen LogP contribution in [0.25, 0.3) is 10.6 Å². The van der Waals surface area contributed by atoms with Crippen LogP contribution in [0, 0.1) is 11.3 Å².